The van der Waals surface area contributed by atoms with Crippen LogP contribution < -0.4 is 10.6 Å². The van der Waals surface area contributed by atoms with Crippen LogP contribution in [0.4, 0.5) is 16.2 Å². The minimum atomic E-state index is -0.462. The molecule has 0 aliphatic rings. The van der Waals surface area contributed by atoms with Gasteiger partial charge in [0, 0.05) is 17.6 Å². The zero-order chi connectivity index (χ0) is 15.2. The van der Waals surface area contributed by atoms with Gasteiger partial charge in [-0.05, 0) is 19.8 Å². The Morgan fingerprint density at radius 1 is 1.29 bits per heavy atom. The van der Waals surface area contributed by atoms with Gasteiger partial charge in [-0.25, -0.2) is 14.4 Å². The van der Waals surface area contributed by atoms with Crippen LogP contribution in [0.2, 0.25) is 0 Å². The van der Waals surface area contributed by atoms with E-state index in [1.807, 2.05) is 20.0 Å². The molecule has 2 aromatic heterocycles. The number of hydrogen-bond acceptors (Lipinski definition) is 6. The highest BCUT2D eigenvalue weighted by Crippen LogP contribution is 2.24. The van der Waals surface area contributed by atoms with Crippen molar-refractivity contribution < 1.29 is 4.39 Å². The number of aryl methyl sites for hydroxylation is 1. The van der Waals surface area contributed by atoms with Crippen LogP contribution in [0.1, 0.15) is 43.1 Å². The summed E-state index contributed by atoms with van der Waals surface area (Å²) in [6, 6.07) is -0.0984. The van der Waals surface area contributed by atoms with Crippen molar-refractivity contribution in [1.82, 2.24) is 15.0 Å². The van der Waals surface area contributed by atoms with Crippen molar-refractivity contribution in [2.45, 2.75) is 39.7 Å². The lowest BCUT2D eigenvalue weighted by Crippen LogP contribution is -2.12. The summed E-state index contributed by atoms with van der Waals surface area (Å²) in [6.45, 7) is 6.84. The minimum absolute atomic E-state index is 0.0984. The normalized spacial score (nSPS) is 12.2. The lowest BCUT2D eigenvalue weighted by Gasteiger charge is -2.13. The molecule has 0 bridgehead atoms. The van der Waals surface area contributed by atoms with Gasteiger partial charge in [0.15, 0.2) is 11.6 Å². The summed E-state index contributed by atoms with van der Waals surface area (Å²) < 4.78 is 13.8. The molecule has 0 fully saturated rings. The van der Waals surface area contributed by atoms with Crippen molar-refractivity contribution in [3.63, 3.8) is 0 Å². The predicted molar refractivity (Wildman–Crippen MR) is 84.3 cm³/mol. The molecule has 21 heavy (non-hydrogen) atoms. The highest BCUT2D eigenvalue weighted by atomic mass is 32.1. The van der Waals surface area contributed by atoms with E-state index in [0.29, 0.717) is 5.95 Å². The Kier molecular flexibility index (Phi) is 5.44. The Labute approximate surface area is 128 Å². The first-order valence-electron chi connectivity index (χ1n) is 7.11. The molecule has 7 heteroatoms. The van der Waals surface area contributed by atoms with E-state index in [1.165, 1.54) is 11.1 Å². The molecule has 5 nitrogen and oxygen atoms in total. The van der Waals surface area contributed by atoms with Crippen LogP contribution in [0, 0.1) is 5.82 Å². The Balaban J connectivity index is 2.10. The number of halogens is 1. The molecule has 0 saturated carbocycles. The number of hydrogen-bond donors (Lipinski definition) is 2. The van der Waals surface area contributed by atoms with E-state index in [-0.39, 0.29) is 11.9 Å². The van der Waals surface area contributed by atoms with Gasteiger partial charge in [-0.15, -0.1) is 11.3 Å². The maximum absolute atomic E-state index is 13.8. The molecule has 1 atom stereocenters. The van der Waals surface area contributed by atoms with Gasteiger partial charge in [-0.1, -0.05) is 13.8 Å². The molecular formula is C14H20FN5S. The first kappa shape index (κ1) is 15.6. The third-order valence-electron chi connectivity index (χ3n) is 2.92. The molecule has 0 aliphatic heterocycles. The second-order valence-electron chi connectivity index (χ2n) is 4.70. The monoisotopic (exact) mass is 309 g/mol. The lowest BCUT2D eigenvalue weighted by atomic mass is 10.3. The molecule has 0 aliphatic carbocycles. The topological polar surface area (TPSA) is 62.7 Å². The molecular weight excluding hydrogens is 289 g/mol. The predicted octanol–water partition coefficient (Wildman–Crippen LogP) is 3.63. The van der Waals surface area contributed by atoms with E-state index in [2.05, 4.69) is 32.5 Å². The van der Waals surface area contributed by atoms with Gasteiger partial charge in [0.1, 0.15) is 5.01 Å². The SMILES string of the molecule is CCCNc1ncc(F)c(NC(C)c2ncc(CC)s2)n1. The maximum Gasteiger partial charge on any atom is 0.224 e. The van der Waals surface area contributed by atoms with Crippen molar-refractivity contribution in [3.8, 4) is 0 Å². The summed E-state index contributed by atoms with van der Waals surface area (Å²) in [7, 11) is 0. The molecule has 1 unspecified atom stereocenters. The quantitative estimate of drug-likeness (QED) is 0.818. The molecule has 0 saturated heterocycles. The summed E-state index contributed by atoms with van der Waals surface area (Å²) in [5, 5.41) is 7.03. The summed E-state index contributed by atoms with van der Waals surface area (Å²) in [6.07, 6.45) is 4.96. The van der Waals surface area contributed by atoms with E-state index < -0.39 is 5.82 Å². The van der Waals surface area contributed by atoms with Crippen LogP contribution >= 0.6 is 11.3 Å². The van der Waals surface area contributed by atoms with Gasteiger partial charge in [-0.2, -0.15) is 4.98 Å². The molecule has 0 aromatic carbocycles. The van der Waals surface area contributed by atoms with Crippen molar-refractivity contribution in [3.05, 3.63) is 28.1 Å². The molecule has 2 aromatic rings. The van der Waals surface area contributed by atoms with Crippen LogP contribution in [-0.2, 0) is 6.42 Å². The molecule has 2 heterocycles. The zero-order valence-corrected chi connectivity index (χ0v) is 13.3. The average molecular weight is 309 g/mol. The van der Waals surface area contributed by atoms with Crippen molar-refractivity contribution in [2.24, 2.45) is 0 Å². The number of thiazole rings is 1. The zero-order valence-electron chi connectivity index (χ0n) is 12.5. The number of nitrogens with one attached hydrogen (secondary N) is 2. The average Bonchev–Trinajstić information content (AvgIpc) is 2.97. The third-order valence-corrected chi connectivity index (χ3v) is 4.25. The van der Waals surface area contributed by atoms with Gasteiger partial charge >= 0.3 is 0 Å². The van der Waals surface area contributed by atoms with E-state index in [9.17, 15) is 4.39 Å². The van der Waals surface area contributed by atoms with Crippen molar-refractivity contribution in [2.75, 3.05) is 17.2 Å². The number of nitrogens with zero attached hydrogens (tertiary/aromatic N) is 3. The van der Waals surface area contributed by atoms with Gasteiger partial charge in [0.25, 0.3) is 0 Å². The highest BCUT2D eigenvalue weighted by molar-refractivity contribution is 7.11. The van der Waals surface area contributed by atoms with E-state index in [4.69, 9.17) is 0 Å². The van der Waals surface area contributed by atoms with E-state index in [0.717, 1.165) is 24.4 Å². The first-order valence-corrected chi connectivity index (χ1v) is 7.93. The Morgan fingerprint density at radius 2 is 2.10 bits per heavy atom. The van der Waals surface area contributed by atoms with Crippen LogP contribution in [0.15, 0.2) is 12.4 Å². The summed E-state index contributed by atoms with van der Waals surface area (Å²) >= 11 is 1.63. The number of rotatable bonds is 7. The summed E-state index contributed by atoms with van der Waals surface area (Å²) in [4.78, 5) is 13.7. The van der Waals surface area contributed by atoms with Gasteiger partial charge in [0.05, 0.1) is 12.2 Å². The summed E-state index contributed by atoms with van der Waals surface area (Å²) in [5.74, 6) is 0.168. The third kappa shape index (κ3) is 4.10. The Hall–Kier alpha value is -1.76. The smallest absolute Gasteiger partial charge is 0.224 e. The molecule has 114 valence electrons. The lowest BCUT2D eigenvalue weighted by molar-refractivity contribution is 0.614. The van der Waals surface area contributed by atoms with Crippen LogP contribution in [-0.4, -0.2) is 21.5 Å². The van der Waals surface area contributed by atoms with Crippen molar-refractivity contribution in [1.29, 1.82) is 0 Å². The van der Waals surface area contributed by atoms with Crippen LogP contribution in [0.5, 0.6) is 0 Å². The standard InChI is InChI=1S/C14H20FN5S/c1-4-6-16-14-18-8-11(15)12(20-14)19-9(3)13-17-7-10(5-2)21-13/h7-9H,4-6H2,1-3H3,(H2,16,18,19,20). The fraction of sp³-hybridized carbons (Fsp3) is 0.500. The summed E-state index contributed by atoms with van der Waals surface area (Å²) in [5.41, 5.74) is 0. The fourth-order valence-corrected chi connectivity index (χ4v) is 2.60. The van der Waals surface area contributed by atoms with Gasteiger partial charge < -0.3 is 10.6 Å². The fourth-order valence-electron chi connectivity index (χ4n) is 1.74. The second kappa shape index (κ2) is 7.31. The maximum atomic E-state index is 13.8. The van der Waals surface area contributed by atoms with E-state index in [1.54, 1.807) is 11.3 Å². The number of aromatic nitrogens is 3. The molecule has 0 amide bonds. The molecule has 0 radical (unpaired) electrons. The Morgan fingerprint density at radius 3 is 2.76 bits per heavy atom. The van der Waals surface area contributed by atoms with Gasteiger partial charge in [-0.3, -0.25) is 0 Å². The van der Waals surface area contributed by atoms with Crippen molar-refractivity contribution >= 4 is 23.1 Å². The molecule has 2 rings (SSSR count). The number of anilines is 2. The van der Waals surface area contributed by atoms with Crippen LogP contribution in [0.25, 0.3) is 0 Å². The highest BCUT2D eigenvalue weighted by Gasteiger charge is 2.14. The van der Waals surface area contributed by atoms with Crippen LogP contribution in [0.3, 0.4) is 0 Å². The second-order valence-corrected chi connectivity index (χ2v) is 5.85. The minimum Gasteiger partial charge on any atom is -0.359 e. The van der Waals surface area contributed by atoms with E-state index >= 15 is 0 Å². The van der Waals surface area contributed by atoms with Gasteiger partial charge in [0.2, 0.25) is 5.95 Å². The molecule has 0 spiro atoms. The molecule has 2 N–H and O–H groups in total. The Bertz CT molecular complexity index is 586. The first-order chi connectivity index (χ1) is 10.1. The largest absolute Gasteiger partial charge is 0.359 e.